The van der Waals surface area contributed by atoms with Crippen molar-refractivity contribution in [2.24, 2.45) is 0 Å². The van der Waals surface area contributed by atoms with Crippen LogP contribution in [0.2, 0.25) is 0 Å². The maximum atomic E-state index is 12.6. The standard InChI is InChI=1S/C21H24N2O3S/c1-3-26-18-7-5-4-6-15(18)13(2)10-20(25)23-21-17(12-22)16-9-8-14(24)11-19(16)27-21/h4-7,13-14,24H,3,8-11H2,1-2H3,(H,23,25). The molecule has 1 aromatic heterocycles. The Morgan fingerprint density at radius 2 is 2.26 bits per heavy atom. The molecule has 0 saturated carbocycles. The van der Waals surface area contributed by atoms with Gasteiger partial charge in [-0.05, 0) is 42.9 Å². The first-order valence-corrected chi connectivity index (χ1v) is 10.1. The highest BCUT2D eigenvalue weighted by molar-refractivity contribution is 7.16. The molecule has 0 spiro atoms. The van der Waals surface area contributed by atoms with Crippen molar-refractivity contribution in [3.05, 3.63) is 45.8 Å². The number of hydrogen-bond acceptors (Lipinski definition) is 5. The number of nitrogens with zero attached hydrogens (tertiary/aromatic N) is 1. The highest BCUT2D eigenvalue weighted by atomic mass is 32.1. The molecule has 6 heteroatoms. The van der Waals surface area contributed by atoms with Gasteiger partial charge < -0.3 is 15.2 Å². The Morgan fingerprint density at radius 3 is 3.00 bits per heavy atom. The monoisotopic (exact) mass is 384 g/mol. The molecule has 0 radical (unpaired) electrons. The van der Waals surface area contributed by atoms with Gasteiger partial charge in [-0.1, -0.05) is 25.1 Å². The Labute approximate surface area is 163 Å². The molecule has 5 nitrogen and oxygen atoms in total. The lowest BCUT2D eigenvalue weighted by Crippen LogP contribution is -2.17. The summed E-state index contributed by atoms with van der Waals surface area (Å²) >= 11 is 1.41. The SMILES string of the molecule is CCOc1ccccc1C(C)CC(=O)Nc1sc2c(c1C#N)CCC(O)C2. The van der Waals surface area contributed by atoms with Gasteiger partial charge in [0.25, 0.3) is 0 Å². The number of anilines is 1. The molecule has 2 atom stereocenters. The van der Waals surface area contributed by atoms with Gasteiger partial charge in [0.15, 0.2) is 0 Å². The van der Waals surface area contributed by atoms with Crippen LogP contribution in [0.1, 0.15) is 54.2 Å². The van der Waals surface area contributed by atoms with Crippen LogP contribution < -0.4 is 10.1 Å². The molecular formula is C21H24N2O3S. The largest absolute Gasteiger partial charge is 0.494 e. The summed E-state index contributed by atoms with van der Waals surface area (Å²) in [6.07, 6.45) is 1.85. The number of fused-ring (bicyclic) bond motifs is 1. The van der Waals surface area contributed by atoms with Crippen LogP contribution >= 0.6 is 11.3 Å². The summed E-state index contributed by atoms with van der Waals surface area (Å²) in [5.41, 5.74) is 2.54. The second kappa shape index (κ2) is 8.55. The van der Waals surface area contributed by atoms with Crippen LogP contribution in [0.25, 0.3) is 0 Å². The maximum absolute atomic E-state index is 12.6. The summed E-state index contributed by atoms with van der Waals surface area (Å²) in [5.74, 6) is 0.678. The number of nitriles is 1. The fourth-order valence-electron chi connectivity index (χ4n) is 3.52. The zero-order chi connectivity index (χ0) is 19.4. The zero-order valence-corrected chi connectivity index (χ0v) is 16.4. The highest BCUT2D eigenvalue weighted by Crippen LogP contribution is 2.38. The van der Waals surface area contributed by atoms with Gasteiger partial charge in [0.2, 0.25) is 5.91 Å². The maximum Gasteiger partial charge on any atom is 0.225 e. The van der Waals surface area contributed by atoms with Crippen molar-refractivity contribution >= 4 is 22.2 Å². The van der Waals surface area contributed by atoms with Crippen LogP contribution in [0.15, 0.2) is 24.3 Å². The molecule has 3 rings (SSSR count). The van der Waals surface area contributed by atoms with E-state index in [0.717, 1.165) is 21.8 Å². The Hall–Kier alpha value is -2.36. The molecule has 0 bridgehead atoms. The zero-order valence-electron chi connectivity index (χ0n) is 15.6. The van der Waals surface area contributed by atoms with Gasteiger partial charge in [0, 0.05) is 17.7 Å². The van der Waals surface area contributed by atoms with Crippen molar-refractivity contribution in [2.75, 3.05) is 11.9 Å². The number of ether oxygens (including phenoxy) is 1. The Bertz CT molecular complexity index is 869. The van der Waals surface area contributed by atoms with E-state index in [2.05, 4.69) is 11.4 Å². The van der Waals surface area contributed by atoms with E-state index in [9.17, 15) is 15.2 Å². The minimum Gasteiger partial charge on any atom is -0.494 e. The van der Waals surface area contributed by atoms with Gasteiger partial charge in [-0.25, -0.2) is 0 Å². The van der Waals surface area contributed by atoms with Crippen molar-refractivity contribution in [1.82, 2.24) is 0 Å². The highest BCUT2D eigenvalue weighted by Gasteiger charge is 2.26. The minimum atomic E-state index is -0.360. The van der Waals surface area contributed by atoms with Crippen LogP contribution in [0.3, 0.4) is 0 Å². The smallest absolute Gasteiger partial charge is 0.225 e. The van der Waals surface area contributed by atoms with Crippen LogP contribution in [0.5, 0.6) is 5.75 Å². The normalized spacial score (nSPS) is 16.9. The molecule has 0 aliphatic heterocycles. The van der Waals surface area contributed by atoms with Gasteiger partial charge in [-0.3, -0.25) is 4.79 Å². The molecule has 1 heterocycles. The van der Waals surface area contributed by atoms with E-state index in [1.54, 1.807) is 0 Å². The molecule has 1 aromatic carbocycles. The first-order valence-electron chi connectivity index (χ1n) is 9.27. The summed E-state index contributed by atoms with van der Waals surface area (Å²) < 4.78 is 5.66. The van der Waals surface area contributed by atoms with E-state index >= 15 is 0 Å². The molecule has 1 aliphatic carbocycles. The molecule has 1 amide bonds. The second-order valence-electron chi connectivity index (χ2n) is 6.84. The van der Waals surface area contributed by atoms with E-state index in [-0.39, 0.29) is 17.9 Å². The fraction of sp³-hybridized carbons (Fsp3) is 0.429. The van der Waals surface area contributed by atoms with Gasteiger partial charge in [0.05, 0.1) is 18.3 Å². The summed E-state index contributed by atoms with van der Waals surface area (Å²) in [5, 5.41) is 22.9. The van der Waals surface area contributed by atoms with Gasteiger partial charge in [0.1, 0.15) is 16.8 Å². The first-order chi connectivity index (χ1) is 13.0. The summed E-state index contributed by atoms with van der Waals surface area (Å²) in [6, 6.07) is 9.99. The molecule has 0 fully saturated rings. The summed E-state index contributed by atoms with van der Waals surface area (Å²) in [4.78, 5) is 13.6. The molecular weight excluding hydrogens is 360 g/mol. The minimum absolute atomic E-state index is 0.00491. The van der Waals surface area contributed by atoms with Crippen molar-refractivity contribution in [3.8, 4) is 11.8 Å². The van der Waals surface area contributed by atoms with Crippen molar-refractivity contribution < 1.29 is 14.6 Å². The number of thiophene rings is 1. The van der Waals surface area contributed by atoms with Gasteiger partial charge in [-0.15, -0.1) is 11.3 Å². The lowest BCUT2D eigenvalue weighted by atomic mass is 9.94. The fourth-order valence-corrected chi connectivity index (χ4v) is 4.80. The number of aliphatic hydroxyl groups excluding tert-OH is 1. The van der Waals surface area contributed by atoms with E-state index in [1.807, 2.05) is 38.1 Å². The second-order valence-corrected chi connectivity index (χ2v) is 7.95. The average Bonchev–Trinajstić information content (AvgIpc) is 2.98. The number of amides is 1. The van der Waals surface area contributed by atoms with Crippen molar-refractivity contribution in [1.29, 1.82) is 5.26 Å². The van der Waals surface area contributed by atoms with Crippen LogP contribution in [0, 0.1) is 11.3 Å². The number of rotatable bonds is 6. The van der Waals surface area contributed by atoms with Gasteiger partial charge in [-0.2, -0.15) is 5.26 Å². The molecule has 2 aromatic rings. The molecule has 0 saturated heterocycles. The predicted octanol–water partition coefficient (Wildman–Crippen LogP) is 4.00. The van der Waals surface area contributed by atoms with Crippen molar-refractivity contribution in [3.63, 3.8) is 0 Å². The van der Waals surface area contributed by atoms with Gasteiger partial charge >= 0.3 is 0 Å². The Balaban J connectivity index is 1.72. The molecule has 1 aliphatic rings. The molecule has 2 N–H and O–H groups in total. The molecule has 27 heavy (non-hydrogen) atoms. The number of hydrogen-bond donors (Lipinski definition) is 2. The topological polar surface area (TPSA) is 82.3 Å². The number of aliphatic hydroxyl groups is 1. The molecule has 142 valence electrons. The molecule has 2 unspecified atom stereocenters. The Morgan fingerprint density at radius 1 is 1.48 bits per heavy atom. The number of para-hydroxylation sites is 1. The number of nitrogens with one attached hydrogen (secondary N) is 1. The predicted molar refractivity (Wildman–Crippen MR) is 106 cm³/mol. The van der Waals surface area contributed by atoms with Crippen molar-refractivity contribution in [2.45, 2.75) is 51.6 Å². The van der Waals surface area contributed by atoms with E-state index in [1.165, 1.54) is 11.3 Å². The van der Waals surface area contributed by atoms with Crippen LogP contribution in [0.4, 0.5) is 5.00 Å². The van der Waals surface area contributed by atoms with Crippen LogP contribution in [-0.2, 0) is 17.6 Å². The lowest BCUT2D eigenvalue weighted by Gasteiger charge is -2.16. The van der Waals surface area contributed by atoms with E-state index < -0.39 is 0 Å². The third kappa shape index (κ3) is 4.32. The lowest BCUT2D eigenvalue weighted by molar-refractivity contribution is -0.116. The van der Waals surface area contributed by atoms with E-state index in [4.69, 9.17) is 4.74 Å². The first kappa shape index (κ1) is 19.4. The summed E-state index contributed by atoms with van der Waals surface area (Å²) in [7, 11) is 0. The summed E-state index contributed by atoms with van der Waals surface area (Å²) in [6.45, 7) is 4.51. The van der Waals surface area contributed by atoms with Crippen LogP contribution in [-0.4, -0.2) is 23.7 Å². The third-order valence-corrected chi connectivity index (χ3v) is 6.02. The average molecular weight is 385 g/mol. The Kier molecular flexibility index (Phi) is 6.15. The number of carbonyl (C=O) groups is 1. The number of benzene rings is 1. The number of carbonyl (C=O) groups excluding carboxylic acids is 1. The quantitative estimate of drug-likeness (QED) is 0.789. The van der Waals surface area contributed by atoms with E-state index in [0.29, 0.717) is 42.9 Å². The third-order valence-electron chi connectivity index (χ3n) is 4.85.